The molecule has 1 fully saturated rings. The van der Waals surface area contributed by atoms with Crippen LogP contribution in [0, 0.1) is 5.92 Å². The van der Waals surface area contributed by atoms with E-state index in [2.05, 4.69) is 25.3 Å². The topological polar surface area (TPSA) is 175 Å². The molecule has 0 aliphatic heterocycles. The maximum atomic E-state index is 13.7. The van der Waals surface area contributed by atoms with Crippen molar-refractivity contribution in [2.75, 3.05) is 19.0 Å². The molecule has 13 nitrogen and oxygen atoms in total. The molecule has 1 saturated carbocycles. The Morgan fingerprint density at radius 1 is 0.939 bits per heavy atom. The van der Waals surface area contributed by atoms with Gasteiger partial charge in [0.15, 0.2) is 5.13 Å². The summed E-state index contributed by atoms with van der Waals surface area (Å²) in [5.74, 6) is -0.615. The standard InChI is InChI=1S/C34H47N5O8S2/c1-33(2,3)46-30(41)26(37-32(42)47-34(4,5)6)18-19-35-49(43,44)23-14-12-22(13-15-23)24(20-21-10-8-9-11-21)28(40)39-31-36-25-16-17-27(45-7)38-29(25)48-31/h12-17,21,24,26,35H,8-11,18-20H2,1-7H3,(H,37,42)(H,36,39,40)/t24?,26-/m0/s1. The van der Waals surface area contributed by atoms with E-state index in [-0.39, 0.29) is 23.8 Å². The Balaban J connectivity index is 1.45. The van der Waals surface area contributed by atoms with Crippen molar-refractivity contribution in [2.45, 2.75) is 108 Å². The summed E-state index contributed by atoms with van der Waals surface area (Å²) < 4.78 is 44.9. The Morgan fingerprint density at radius 3 is 2.20 bits per heavy atom. The van der Waals surface area contributed by atoms with Gasteiger partial charge in [-0.15, -0.1) is 0 Å². The van der Waals surface area contributed by atoms with Gasteiger partial charge in [0.25, 0.3) is 0 Å². The Bertz CT molecular complexity index is 1720. The average Bonchev–Trinajstić information content (AvgIpc) is 3.66. The van der Waals surface area contributed by atoms with Crippen LogP contribution in [0.4, 0.5) is 9.93 Å². The largest absolute Gasteiger partial charge is 0.481 e. The number of carbonyl (C=O) groups is 3. The number of esters is 1. The van der Waals surface area contributed by atoms with Gasteiger partial charge in [-0.1, -0.05) is 49.2 Å². The van der Waals surface area contributed by atoms with Gasteiger partial charge in [-0.3, -0.25) is 4.79 Å². The van der Waals surface area contributed by atoms with Crippen molar-refractivity contribution in [3.05, 3.63) is 42.0 Å². The highest BCUT2D eigenvalue weighted by molar-refractivity contribution is 7.89. The van der Waals surface area contributed by atoms with Gasteiger partial charge in [-0.25, -0.2) is 32.7 Å². The summed E-state index contributed by atoms with van der Waals surface area (Å²) in [6.07, 6.45) is 4.05. The number of thiazole rings is 1. The minimum Gasteiger partial charge on any atom is -0.481 e. The molecular formula is C34H47N5O8S2. The van der Waals surface area contributed by atoms with Crippen LogP contribution in [0.5, 0.6) is 5.88 Å². The Morgan fingerprint density at radius 2 is 1.59 bits per heavy atom. The minimum atomic E-state index is -4.00. The number of benzene rings is 1. The number of carbonyl (C=O) groups excluding carboxylic acids is 3. The molecule has 2 heterocycles. The molecule has 4 rings (SSSR count). The van der Waals surface area contributed by atoms with Gasteiger partial charge in [-0.05, 0) is 84.1 Å². The lowest BCUT2D eigenvalue weighted by molar-refractivity contribution is -0.157. The lowest BCUT2D eigenvalue weighted by Crippen LogP contribution is -2.47. The van der Waals surface area contributed by atoms with Gasteiger partial charge >= 0.3 is 12.1 Å². The third-order valence-electron chi connectivity index (χ3n) is 7.73. The zero-order valence-electron chi connectivity index (χ0n) is 29.1. The monoisotopic (exact) mass is 717 g/mol. The normalized spacial score (nSPS) is 15.4. The highest BCUT2D eigenvalue weighted by atomic mass is 32.2. The number of nitrogens with one attached hydrogen (secondary N) is 3. The second kappa shape index (κ2) is 15.8. The number of nitrogens with zero attached hydrogens (tertiary/aromatic N) is 2. The van der Waals surface area contributed by atoms with Gasteiger partial charge in [0, 0.05) is 12.6 Å². The predicted octanol–water partition coefficient (Wildman–Crippen LogP) is 5.91. The third kappa shape index (κ3) is 11.4. The van der Waals surface area contributed by atoms with E-state index >= 15 is 0 Å². The third-order valence-corrected chi connectivity index (χ3v) is 10.1. The predicted molar refractivity (Wildman–Crippen MR) is 187 cm³/mol. The van der Waals surface area contributed by atoms with Gasteiger partial charge in [-0.2, -0.15) is 0 Å². The molecule has 3 aromatic rings. The molecule has 2 atom stereocenters. The maximum Gasteiger partial charge on any atom is 0.408 e. The van der Waals surface area contributed by atoms with E-state index in [9.17, 15) is 22.8 Å². The Hall–Kier alpha value is -3.82. The van der Waals surface area contributed by atoms with Crippen LogP contribution in [0.15, 0.2) is 41.3 Å². The van der Waals surface area contributed by atoms with Crippen molar-refractivity contribution < 1.29 is 37.0 Å². The molecule has 1 aliphatic carbocycles. The van der Waals surface area contributed by atoms with Crippen LogP contribution in [-0.2, 0) is 29.1 Å². The number of fused-ring (bicyclic) bond motifs is 1. The van der Waals surface area contributed by atoms with Crippen LogP contribution in [0.2, 0.25) is 0 Å². The molecule has 15 heteroatoms. The molecule has 49 heavy (non-hydrogen) atoms. The van der Waals surface area contributed by atoms with Crippen molar-refractivity contribution in [3.63, 3.8) is 0 Å². The van der Waals surface area contributed by atoms with Crippen molar-refractivity contribution in [1.29, 1.82) is 0 Å². The number of alkyl carbamates (subject to hydrolysis) is 1. The maximum absolute atomic E-state index is 13.7. The molecule has 1 aliphatic rings. The minimum absolute atomic E-state index is 0.00334. The second-order valence-electron chi connectivity index (χ2n) is 14.1. The van der Waals surface area contributed by atoms with Crippen LogP contribution >= 0.6 is 11.3 Å². The first-order valence-electron chi connectivity index (χ1n) is 16.4. The summed E-state index contributed by atoms with van der Waals surface area (Å²) in [7, 11) is -2.47. The highest BCUT2D eigenvalue weighted by Gasteiger charge is 2.30. The van der Waals surface area contributed by atoms with Crippen LogP contribution in [-0.4, -0.2) is 67.3 Å². The summed E-state index contributed by atoms with van der Waals surface area (Å²) in [6.45, 7) is 9.99. The van der Waals surface area contributed by atoms with Crippen LogP contribution in [0.25, 0.3) is 10.3 Å². The van der Waals surface area contributed by atoms with E-state index in [4.69, 9.17) is 14.2 Å². The van der Waals surface area contributed by atoms with Gasteiger partial charge in [0.2, 0.25) is 21.8 Å². The molecule has 0 saturated heterocycles. The average molecular weight is 718 g/mol. The van der Waals surface area contributed by atoms with E-state index in [1.807, 2.05) is 0 Å². The Labute approximate surface area is 292 Å². The van der Waals surface area contributed by atoms with E-state index in [0.717, 1.165) is 25.7 Å². The SMILES string of the molecule is COc1ccc2nc(NC(=O)C(CC3CCCC3)c3ccc(S(=O)(=O)NCC[C@H](NC(=O)OC(C)(C)C)C(=O)OC(C)(C)C)cc3)sc2n1. The van der Waals surface area contributed by atoms with Crippen LogP contribution in [0.3, 0.4) is 0 Å². The quantitative estimate of drug-likeness (QED) is 0.180. The number of rotatable bonds is 13. The zero-order valence-corrected chi connectivity index (χ0v) is 30.8. The molecule has 0 spiro atoms. The van der Waals surface area contributed by atoms with E-state index in [1.165, 1.54) is 30.6 Å². The Kier molecular flexibility index (Phi) is 12.3. The number of ether oxygens (including phenoxy) is 3. The summed E-state index contributed by atoms with van der Waals surface area (Å²) in [5, 5.41) is 5.87. The number of methoxy groups -OCH3 is 1. The number of amides is 2. The van der Waals surface area contributed by atoms with Crippen molar-refractivity contribution >= 4 is 54.8 Å². The van der Waals surface area contributed by atoms with Gasteiger partial charge in [0.1, 0.15) is 27.6 Å². The molecular weight excluding hydrogens is 671 g/mol. The summed E-state index contributed by atoms with van der Waals surface area (Å²) in [5.41, 5.74) is -0.281. The van der Waals surface area contributed by atoms with Crippen molar-refractivity contribution in [3.8, 4) is 5.88 Å². The lowest BCUT2D eigenvalue weighted by Gasteiger charge is -2.26. The summed E-state index contributed by atoms with van der Waals surface area (Å²) in [4.78, 5) is 48.5. The molecule has 2 aromatic heterocycles. The number of hydrogen-bond donors (Lipinski definition) is 3. The number of pyridine rings is 1. The van der Waals surface area contributed by atoms with Crippen LogP contribution in [0.1, 0.15) is 91.5 Å². The lowest BCUT2D eigenvalue weighted by atomic mass is 9.87. The fraction of sp³-hybridized carbons (Fsp3) is 0.559. The molecule has 1 aromatic carbocycles. The molecule has 0 bridgehead atoms. The first-order valence-corrected chi connectivity index (χ1v) is 18.7. The smallest absolute Gasteiger partial charge is 0.408 e. The molecule has 1 unspecified atom stereocenters. The fourth-order valence-electron chi connectivity index (χ4n) is 5.51. The first kappa shape index (κ1) is 38.0. The van der Waals surface area contributed by atoms with E-state index in [0.29, 0.717) is 39.3 Å². The summed E-state index contributed by atoms with van der Waals surface area (Å²) in [6, 6.07) is 8.59. The van der Waals surface area contributed by atoms with E-state index < -0.39 is 45.2 Å². The molecule has 268 valence electrons. The van der Waals surface area contributed by atoms with E-state index in [1.54, 1.807) is 65.8 Å². The number of anilines is 1. The van der Waals surface area contributed by atoms with Gasteiger partial charge in [0.05, 0.1) is 17.9 Å². The van der Waals surface area contributed by atoms with Crippen molar-refractivity contribution in [1.82, 2.24) is 20.0 Å². The molecule has 3 N–H and O–H groups in total. The number of sulfonamides is 1. The second-order valence-corrected chi connectivity index (χ2v) is 16.9. The van der Waals surface area contributed by atoms with Crippen molar-refractivity contribution in [2.24, 2.45) is 5.92 Å². The fourth-order valence-corrected chi connectivity index (χ4v) is 7.39. The highest BCUT2D eigenvalue weighted by Crippen LogP contribution is 2.36. The summed E-state index contributed by atoms with van der Waals surface area (Å²) >= 11 is 1.25. The zero-order chi connectivity index (χ0) is 36.0. The molecule has 0 radical (unpaired) electrons. The number of hydrogen-bond acceptors (Lipinski definition) is 11. The van der Waals surface area contributed by atoms with Crippen LogP contribution < -0.4 is 20.1 Å². The van der Waals surface area contributed by atoms with Gasteiger partial charge < -0.3 is 24.8 Å². The first-order chi connectivity index (χ1) is 22.9. The number of aromatic nitrogens is 2. The molecule has 2 amide bonds.